The van der Waals surface area contributed by atoms with Crippen molar-refractivity contribution in [2.24, 2.45) is 7.05 Å². The fourth-order valence-corrected chi connectivity index (χ4v) is 4.34. The number of sulfonamides is 1. The SMILES string of the molecule is Cc1nn(C)c(-n2ccc3cc(Cl)ccc32)c1CCS(=O)(=O)NC(=O)NCC(F)(F)F. The van der Waals surface area contributed by atoms with Gasteiger partial charge in [-0.2, -0.15) is 18.3 Å². The molecule has 13 heteroatoms. The average molecular weight is 478 g/mol. The van der Waals surface area contributed by atoms with Crippen LogP contribution in [0.15, 0.2) is 30.5 Å². The number of carbonyl (C=O) groups excluding carboxylic acids is 1. The maximum atomic E-state index is 12.2. The van der Waals surface area contributed by atoms with E-state index in [0.717, 1.165) is 10.9 Å². The van der Waals surface area contributed by atoms with Crippen molar-refractivity contribution in [1.29, 1.82) is 0 Å². The molecular weight excluding hydrogens is 459 g/mol. The van der Waals surface area contributed by atoms with Crippen LogP contribution in [-0.4, -0.2) is 47.3 Å². The third-order valence-corrected chi connectivity index (χ3v) is 5.99. The van der Waals surface area contributed by atoms with E-state index in [4.69, 9.17) is 11.6 Å². The van der Waals surface area contributed by atoms with Crippen molar-refractivity contribution in [3.8, 4) is 5.82 Å². The highest BCUT2D eigenvalue weighted by molar-refractivity contribution is 7.90. The number of alkyl halides is 3. The van der Waals surface area contributed by atoms with Gasteiger partial charge in [0.2, 0.25) is 10.0 Å². The first-order valence-corrected chi connectivity index (χ1v) is 11.0. The number of hydrogen-bond acceptors (Lipinski definition) is 4. The molecule has 3 rings (SSSR count). The molecule has 0 bridgehead atoms. The fourth-order valence-electron chi connectivity index (χ4n) is 3.23. The Hall–Kier alpha value is -2.73. The number of aromatic nitrogens is 3. The van der Waals surface area contributed by atoms with Crippen LogP contribution in [-0.2, 0) is 23.5 Å². The molecule has 0 radical (unpaired) electrons. The Kier molecular flexibility index (Phi) is 6.23. The van der Waals surface area contributed by atoms with Gasteiger partial charge in [0.25, 0.3) is 0 Å². The molecule has 0 atom stereocenters. The van der Waals surface area contributed by atoms with Crippen molar-refractivity contribution in [3.63, 3.8) is 0 Å². The van der Waals surface area contributed by atoms with Gasteiger partial charge >= 0.3 is 12.2 Å². The zero-order chi connectivity index (χ0) is 23.0. The van der Waals surface area contributed by atoms with E-state index in [1.54, 1.807) is 41.7 Å². The number of aryl methyl sites for hydroxylation is 2. The molecule has 0 aliphatic heterocycles. The molecule has 1 aromatic carbocycles. The Balaban J connectivity index is 1.81. The lowest BCUT2D eigenvalue weighted by Crippen LogP contribution is -2.44. The first-order valence-electron chi connectivity index (χ1n) is 9.01. The Bertz CT molecular complexity index is 1230. The molecule has 2 N–H and O–H groups in total. The van der Waals surface area contributed by atoms with E-state index in [-0.39, 0.29) is 6.42 Å². The smallest absolute Gasteiger partial charge is 0.328 e. The van der Waals surface area contributed by atoms with E-state index in [1.807, 2.05) is 16.7 Å². The molecule has 0 saturated heterocycles. The Morgan fingerprint density at radius 2 is 1.97 bits per heavy atom. The van der Waals surface area contributed by atoms with Crippen molar-refractivity contribution in [2.75, 3.05) is 12.3 Å². The fraction of sp³-hybridized carbons (Fsp3) is 0.333. The van der Waals surface area contributed by atoms with Gasteiger partial charge in [0, 0.05) is 29.2 Å². The monoisotopic (exact) mass is 477 g/mol. The molecule has 0 aliphatic carbocycles. The first-order chi connectivity index (χ1) is 14.4. The van der Waals surface area contributed by atoms with Crippen LogP contribution in [0.2, 0.25) is 5.02 Å². The molecule has 0 saturated carbocycles. The summed E-state index contributed by atoms with van der Waals surface area (Å²) in [7, 11) is -2.47. The molecule has 2 aromatic heterocycles. The van der Waals surface area contributed by atoms with Crippen LogP contribution in [0.25, 0.3) is 16.7 Å². The summed E-state index contributed by atoms with van der Waals surface area (Å²) in [6, 6.07) is 5.78. The van der Waals surface area contributed by atoms with Crippen LogP contribution >= 0.6 is 11.6 Å². The van der Waals surface area contributed by atoms with Crippen LogP contribution in [0.3, 0.4) is 0 Å². The summed E-state index contributed by atoms with van der Waals surface area (Å²) >= 11 is 6.03. The Morgan fingerprint density at radius 1 is 1.26 bits per heavy atom. The van der Waals surface area contributed by atoms with Crippen molar-refractivity contribution in [1.82, 2.24) is 24.4 Å². The third kappa shape index (κ3) is 5.50. The maximum Gasteiger partial charge on any atom is 0.405 e. The number of halogens is 4. The first kappa shape index (κ1) is 22.9. The zero-order valence-corrected chi connectivity index (χ0v) is 18.1. The van der Waals surface area contributed by atoms with Crippen LogP contribution in [0, 0.1) is 6.92 Å². The molecule has 168 valence electrons. The van der Waals surface area contributed by atoms with E-state index in [9.17, 15) is 26.4 Å². The zero-order valence-electron chi connectivity index (χ0n) is 16.5. The lowest BCUT2D eigenvalue weighted by atomic mass is 10.2. The number of carbonyl (C=O) groups is 1. The molecule has 31 heavy (non-hydrogen) atoms. The average Bonchev–Trinajstić information content (AvgIpc) is 3.16. The van der Waals surface area contributed by atoms with Gasteiger partial charge in [-0.1, -0.05) is 11.6 Å². The normalized spacial score (nSPS) is 12.3. The van der Waals surface area contributed by atoms with Gasteiger partial charge in [0.1, 0.15) is 12.4 Å². The van der Waals surface area contributed by atoms with Gasteiger partial charge in [0.05, 0.1) is 17.0 Å². The lowest BCUT2D eigenvalue weighted by molar-refractivity contribution is -0.122. The summed E-state index contributed by atoms with van der Waals surface area (Å²) in [6.07, 6.45) is -2.85. The molecule has 2 heterocycles. The molecule has 0 fully saturated rings. The number of hydrogen-bond donors (Lipinski definition) is 2. The van der Waals surface area contributed by atoms with Gasteiger partial charge in [-0.15, -0.1) is 0 Å². The molecule has 0 spiro atoms. The van der Waals surface area contributed by atoms with Gasteiger partial charge in [-0.3, -0.25) is 4.68 Å². The molecule has 2 amide bonds. The molecular formula is C18H19ClF3N5O3S. The second-order valence-corrected chi connectivity index (χ2v) is 9.15. The van der Waals surface area contributed by atoms with E-state index in [1.165, 1.54) is 5.32 Å². The topological polar surface area (TPSA) is 98.0 Å². The highest BCUT2D eigenvalue weighted by Gasteiger charge is 2.28. The van der Waals surface area contributed by atoms with Gasteiger partial charge in [0.15, 0.2) is 0 Å². The Morgan fingerprint density at radius 3 is 2.65 bits per heavy atom. The second kappa shape index (κ2) is 8.42. The number of urea groups is 1. The number of amides is 2. The molecule has 8 nitrogen and oxygen atoms in total. The van der Waals surface area contributed by atoms with E-state index >= 15 is 0 Å². The standard InChI is InChI=1S/C18H19ClF3N5O3S/c1-11-14(6-8-31(29,30)25-17(28)23-10-18(20,21)22)16(26(2)24-11)27-7-5-12-9-13(19)3-4-15(12)27/h3-5,7,9H,6,8,10H2,1-2H3,(H2,23,25,28). The predicted octanol–water partition coefficient (Wildman–Crippen LogP) is 3.06. The summed E-state index contributed by atoms with van der Waals surface area (Å²) in [4.78, 5) is 11.5. The largest absolute Gasteiger partial charge is 0.405 e. The number of benzene rings is 1. The molecule has 3 aromatic rings. The number of nitrogens with zero attached hydrogens (tertiary/aromatic N) is 3. The van der Waals surface area contributed by atoms with Crippen LogP contribution in [0.5, 0.6) is 0 Å². The third-order valence-electron chi connectivity index (χ3n) is 4.51. The van der Waals surface area contributed by atoms with Crippen LogP contribution in [0.1, 0.15) is 11.3 Å². The van der Waals surface area contributed by atoms with Crippen molar-refractivity contribution < 1.29 is 26.4 Å². The summed E-state index contributed by atoms with van der Waals surface area (Å²) in [5.74, 6) is 0.114. The second-order valence-electron chi connectivity index (χ2n) is 6.87. The summed E-state index contributed by atoms with van der Waals surface area (Å²) < 4.78 is 65.9. The molecule has 0 aliphatic rings. The highest BCUT2D eigenvalue weighted by Crippen LogP contribution is 2.27. The van der Waals surface area contributed by atoms with Crippen LogP contribution < -0.4 is 10.0 Å². The minimum atomic E-state index is -4.65. The van der Waals surface area contributed by atoms with E-state index in [2.05, 4.69) is 5.10 Å². The van der Waals surface area contributed by atoms with Crippen LogP contribution in [0.4, 0.5) is 18.0 Å². The summed E-state index contributed by atoms with van der Waals surface area (Å²) in [6.45, 7) is 0.0857. The van der Waals surface area contributed by atoms with Gasteiger partial charge in [-0.25, -0.2) is 17.9 Å². The summed E-state index contributed by atoms with van der Waals surface area (Å²) in [5, 5.41) is 7.28. The van der Waals surface area contributed by atoms with Crippen molar-refractivity contribution in [3.05, 3.63) is 46.7 Å². The molecule has 0 unspecified atom stereocenters. The minimum absolute atomic E-state index is 0.00977. The number of rotatable bonds is 6. The summed E-state index contributed by atoms with van der Waals surface area (Å²) in [5.41, 5.74) is 2.04. The van der Waals surface area contributed by atoms with Crippen molar-refractivity contribution in [2.45, 2.75) is 19.5 Å². The quantitative estimate of drug-likeness (QED) is 0.570. The Labute approximate surface area is 181 Å². The number of fused-ring (bicyclic) bond motifs is 1. The highest BCUT2D eigenvalue weighted by atomic mass is 35.5. The van der Waals surface area contributed by atoms with Gasteiger partial charge in [-0.05, 0) is 37.6 Å². The lowest BCUT2D eigenvalue weighted by Gasteiger charge is -2.12. The minimum Gasteiger partial charge on any atom is -0.328 e. The van der Waals surface area contributed by atoms with Crippen molar-refractivity contribution >= 4 is 38.6 Å². The predicted molar refractivity (Wildman–Crippen MR) is 110 cm³/mol. The maximum absolute atomic E-state index is 12.2. The van der Waals surface area contributed by atoms with E-state index in [0.29, 0.717) is 22.1 Å². The number of nitrogens with one attached hydrogen (secondary N) is 2. The van der Waals surface area contributed by atoms with Gasteiger partial charge < -0.3 is 9.88 Å². The van der Waals surface area contributed by atoms with E-state index < -0.39 is 34.5 Å².